The molecule has 6 heteroatoms. The predicted octanol–water partition coefficient (Wildman–Crippen LogP) is 1.09. The number of carbonyl (C=O) groups is 3. The topological polar surface area (TPSA) is 63.7 Å². The van der Waals surface area contributed by atoms with Crippen LogP contribution in [0.15, 0.2) is 24.3 Å². The van der Waals surface area contributed by atoms with Gasteiger partial charge in [0.25, 0.3) is 11.8 Å². The predicted molar refractivity (Wildman–Crippen MR) is 81.4 cm³/mol. The number of nitrogens with zero attached hydrogens (tertiary/aromatic N) is 1. The lowest BCUT2D eigenvalue weighted by atomic mass is 10.1. The van der Waals surface area contributed by atoms with Crippen LogP contribution in [0.1, 0.15) is 27.1 Å². The number of hydrogen-bond donors (Lipinski definition) is 0. The van der Waals surface area contributed by atoms with Gasteiger partial charge in [-0.05, 0) is 23.0 Å². The third-order valence-electron chi connectivity index (χ3n) is 3.41. The van der Waals surface area contributed by atoms with Crippen LogP contribution in [0.5, 0.6) is 0 Å². The summed E-state index contributed by atoms with van der Waals surface area (Å²) in [6, 6.07) is 5.77. The van der Waals surface area contributed by atoms with Crippen molar-refractivity contribution in [3.63, 3.8) is 0 Å². The van der Waals surface area contributed by atoms with E-state index in [0.717, 1.165) is 10.7 Å². The number of fused-ring (bicyclic) bond motifs is 1. The van der Waals surface area contributed by atoms with Crippen molar-refractivity contribution < 1.29 is 19.1 Å². The first-order chi connectivity index (χ1) is 9.97. The van der Waals surface area contributed by atoms with Crippen molar-refractivity contribution in [1.29, 1.82) is 0 Å². The Balaban J connectivity index is 2.31. The molecule has 1 heterocycles. The Morgan fingerprint density at radius 1 is 1.19 bits per heavy atom. The van der Waals surface area contributed by atoms with Crippen LogP contribution in [0.2, 0.25) is 0 Å². The van der Waals surface area contributed by atoms with Gasteiger partial charge >= 0.3 is 5.97 Å². The minimum Gasteiger partial charge on any atom is -0.467 e. The summed E-state index contributed by atoms with van der Waals surface area (Å²) in [4.78, 5) is 37.9. The second-order valence-corrected chi connectivity index (χ2v) is 7.42. The molecule has 1 aromatic carbocycles. The quantitative estimate of drug-likeness (QED) is 0.464. The molecule has 2 rings (SSSR count). The first kappa shape index (κ1) is 15.6. The van der Waals surface area contributed by atoms with Crippen LogP contribution >= 0.6 is 0 Å². The molecule has 0 aliphatic carbocycles. The Morgan fingerprint density at radius 3 is 2.14 bits per heavy atom. The van der Waals surface area contributed by atoms with Crippen molar-refractivity contribution in [3.05, 3.63) is 35.4 Å². The van der Waals surface area contributed by atoms with Crippen LogP contribution in [0.25, 0.3) is 0 Å². The molecule has 5 nitrogen and oxygen atoms in total. The average Bonchev–Trinajstić information content (AvgIpc) is 2.72. The van der Waals surface area contributed by atoms with Crippen LogP contribution in [0, 0.1) is 0 Å². The number of rotatable bonds is 5. The molecule has 1 atom stereocenters. The summed E-state index contributed by atoms with van der Waals surface area (Å²) in [7, 11) is 1.38. The molecule has 112 valence electrons. The average molecular weight is 308 g/mol. The largest absolute Gasteiger partial charge is 0.467 e. The molecule has 1 aromatic rings. The van der Waals surface area contributed by atoms with E-state index >= 15 is 0 Å². The first-order valence-electron chi connectivity index (χ1n) is 6.56. The molecule has 0 spiro atoms. The number of amides is 2. The highest BCUT2D eigenvalue weighted by Crippen LogP contribution is 2.26. The van der Waals surface area contributed by atoms with Gasteiger partial charge in [-0.3, -0.25) is 14.5 Å². The summed E-state index contributed by atoms with van der Waals surface area (Å²) in [5.74, 6) is -0.626. The molecular formula is C15H18NO4S+. The molecule has 0 saturated carbocycles. The summed E-state index contributed by atoms with van der Waals surface area (Å²) in [6.45, 7) is 0. The van der Waals surface area contributed by atoms with Crippen molar-refractivity contribution in [2.75, 3.05) is 25.4 Å². The highest BCUT2D eigenvalue weighted by molar-refractivity contribution is 7.95. The Labute approximate surface area is 126 Å². The molecule has 1 aliphatic rings. The molecule has 0 saturated heterocycles. The lowest BCUT2D eigenvalue weighted by Gasteiger charge is -2.23. The molecular weight excluding hydrogens is 290 g/mol. The van der Waals surface area contributed by atoms with Gasteiger partial charge in [0.1, 0.15) is 11.8 Å². The molecule has 0 unspecified atom stereocenters. The zero-order chi connectivity index (χ0) is 15.6. The van der Waals surface area contributed by atoms with E-state index in [2.05, 4.69) is 12.5 Å². The molecule has 0 fully saturated rings. The molecule has 0 aromatic heterocycles. The molecule has 0 bridgehead atoms. The molecule has 0 N–H and O–H groups in total. The second-order valence-electron chi connectivity index (χ2n) is 5.04. The minimum absolute atomic E-state index is 0.115. The van der Waals surface area contributed by atoms with Crippen molar-refractivity contribution >= 4 is 28.7 Å². The van der Waals surface area contributed by atoms with E-state index in [-0.39, 0.29) is 10.9 Å². The van der Waals surface area contributed by atoms with E-state index in [9.17, 15) is 14.4 Å². The highest BCUT2D eigenvalue weighted by Gasteiger charge is 2.43. The zero-order valence-electron chi connectivity index (χ0n) is 12.3. The van der Waals surface area contributed by atoms with Gasteiger partial charge in [0.2, 0.25) is 0 Å². The van der Waals surface area contributed by atoms with Gasteiger partial charge in [-0.1, -0.05) is 12.1 Å². The summed E-state index contributed by atoms with van der Waals surface area (Å²) in [6.07, 6.45) is 4.53. The number of imide groups is 1. The van der Waals surface area contributed by atoms with E-state index in [0.29, 0.717) is 17.5 Å². The molecule has 0 radical (unpaired) electrons. The fourth-order valence-corrected chi connectivity index (χ4v) is 3.02. The lowest BCUT2D eigenvalue weighted by molar-refractivity contribution is -0.145. The van der Waals surface area contributed by atoms with Crippen molar-refractivity contribution in [3.8, 4) is 0 Å². The van der Waals surface area contributed by atoms with Crippen molar-refractivity contribution in [2.24, 2.45) is 0 Å². The molecule has 21 heavy (non-hydrogen) atoms. The van der Waals surface area contributed by atoms with Gasteiger partial charge in [-0.15, -0.1) is 0 Å². The number of carbonyl (C=O) groups excluding carboxylic acids is 3. The number of ether oxygens (including phenoxy) is 1. The summed E-state index contributed by atoms with van der Waals surface area (Å²) >= 11 is 0. The summed E-state index contributed by atoms with van der Waals surface area (Å²) in [5.41, 5.74) is 0.701. The number of hydrogen-bond acceptors (Lipinski definition) is 4. The Morgan fingerprint density at radius 2 is 1.71 bits per heavy atom. The van der Waals surface area contributed by atoms with E-state index in [4.69, 9.17) is 4.74 Å². The zero-order valence-corrected chi connectivity index (χ0v) is 13.1. The van der Waals surface area contributed by atoms with E-state index < -0.39 is 23.8 Å². The SMILES string of the molecule is COC(=O)[C@@H](CC[S+](C)C)N1C(=O)c2ccccc2C1=O. The third-order valence-corrected chi connectivity index (χ3v) is 4.46. The number of esters is 1. The summed E-state index contributed by atoms with van der Waals surface area (Å²) < 4.78 is 4.77. The van der Waals surface area contributed by atoms with Crippen LogP contribution in [-0.4, -0.2) is 54.1 Å². The maximum Gasteiger partial charge on any atom is 0.329 e. The minimum atomic E-state index is -0.850. The van der Waals surface area contributed by atoms with Crippen LogP contribution < -0.4 is 0 Å². The Bertz CT molecular complexity index is 550. The van der Waals surface area contributed by atoms with Crippen LogP contribution in [0.4, 0.5) is 0 Å². The molecule has 1 aliphatic heterocycles. The first-order valence-corrected chi connectivity index (χ1v) is 8.77. The van der Waals surface area contributed by atoms with E-state index in [1.807, 2.05) is 0 Å². The van der Waals surface area contributed by atoms with Crippen molar-refractivity contribution in [2.45, 2.75) is 12.5 Å². The van der Waals surface area contributed by atoms with Gasteiger partial charge in [0.15, 0.2) is 0 Å². The third kappa shape index (κ3) is 2.95. The van der Waals surface area contributed by atoms with Crippen LogP contribution in [-0.2, 0) is 20.4 Å². The fraction of sp³-hybridized carbons (Fsp3) is 0.400. The van der Waals surface area contributed by atoms with Gasteiger partial charge < -0.3 is 4.74 Å². The normalized spacial score (nSPS) is 15.3. The van der Waals surface area contributed by atoms with Gasteiger partial charge in [-0.25, -0.2) is 4.79 Å². The lowest BCUT2D eigenvalue weighted by Crippen LogP contribution is -2.46. The maximum atomic E-state index is 12.4. The highest BCUT2D eigenvalue weighted by atomic mass is 32.2. The second kappa shape index (κ2) is 6.30. The Kier molecular flexibility index (Phi) is 4.67. The van der Waals surface area contributed by atoms with Gasteiger partial charge in [-0.2, -0.15) is 0 Å². The monoisotopic (exact) mass is 308 g/mol. The fourth-order valence-electron chi connectivity index (χ4n) is 2.33. The van der Waals surface area contributed by atoms with E-state index in [1.165, 1.54) is 7.11 Å². The standard InChI is InChI=1S/C15H18NO4S/c1-20-15(19)12(8-9-21(2)3)16-13(17)10-6-4-5-7-11(10)14(16)18/h4-7,12H,8-9H2,1-3H3/q+1/t12-/m1/s1. The van der Waals surface area contributed by atoms with Gasteiger partial charge in [0.05, 0.1) is 30.7 Å². The smallest absolute Gasteiger partial charge is 0.329 e. The van der Waals surface area contributed by atoms with Gasteiger partial charge in [0, 0.05) is 6.42 Å². The van der Waals surface area contributed by atoms with Crippen LogP contribution in [0.3, 0.4) is 0 Å². The summed E-state index contributed by atoms with van der Waals surface area (Å²) in [5, 5.41) is 0. The molecule has 2 amide bonds. The number of methoxy groups -OCH3 is 1. The van der Waals surface area contributed by atoms with E-state index in [1.54, 1.807) is 24.3 Å². The number of benzene rings is 1. The van der Waals surface area contributed by atoms with Crippen molar-refractivity contribution in [1.82, 2.24) is 4.90 Å². The maximum absolute atomic E-state index is 12.4. The Hall–Kier alpha value is -1.82.